The molecule has 0 saturated carbocycles. The minimum atomic E-state index is -0.743. The molecule has 0 aliphatic carbocycles. The zero-order valence-electron chi connectivity index (χ0n) is 17.4. The number of hydrogen-bond acceptors (Lipinski definition) is 4. The standard InChI is InChI=1S/C22H22Cl2N6O3/c23-15-6-5-12(7-16(15)24)9-27-20(31)19-8-13(25)10-30(19)22(33)28-17-11-29(21(26)32)18-4-2-1-3-14(17)18/h1-7,11,13,19H,8-10,25H2,(H2,26,32)(H,27,31)(H,28,33)/t13-,19-/m0/s1. The van der Waals surface area contributed by atoms with Crippen molar-refractivity contribution in [3.8, 4) is 0 Å². The molecular weight excluding hydrogens is 467 g/mol. The lowest BCUT2D eigenvalue weighted by atomic mass is 10.1. The van der Waals surface area contributed by atoms with E-state index in [-0.39, 0.29) is 25.0 Å². The summed E-state index contributed by atoms with van der Waals surface area (Å²) in [6, 6.07) is 9.86. The Kier molecular flexibility index (Phi) is 6.46. The first-order valence-electron chi connectivity index (χ1n) is 10.2. The first-order chi connectivity index (χ1) is 15.7. The minimum Gasteiger partial charge on any atom is -0.351 e. The van der Waals surface area contributed by atoms with Gasteiger partial charge in [-0.25, -0.2) is 9.59 Å². The number of nitrogens with one attached hydrogen (secondary N) is 2. The molecule has 1 aromatic heterocycles. The SMILES string of the molecule is NC(=O)n1cc(NC(=O)N2C[C@@H](N)C[C@H]2C(=O)NCc2ccc(Cl)c(Cl)c2)c2ccccc21. The summed E-state index contributed by atoms with van der Waals surface area (Å²) in [5.74, 6) is -0.330. The van der Waals surface area contributed by atoms with Crippen molar-refractivity contribution in [3.63, 3.8) is 0 Å². The third kappa shape index (κ3) is 4.75. The molecule has 11 heteroatoms. The Morgan fingerprint density at radius 3 is 2.58 bits per heavy atom. The van der Waals surface area contributed by atoms with Crippen molar-refractivity contribution in [1.82, 2.24) is 14.8 Å². The quantitative estimate of drug-likeness (QED) is 0.448. The van der Waals surface area contributed by atoms with Crippen molar-refractivity contribution in [3.05, 3.63) is 64.3 Å². The first-order valence-corrected chi connectivity index (χ1v) is 10.9. The number of para-hydroxylation sites is 1. The third-order valence-corrected chi connectivity index (χ3v) is 6.28. The summed E-state index contributed by atoms with van der Waals surface area (Å²) >= 11 is 12.0. The van der Waals surface area contributed by atoms with Crippen LogP contribution in [0.1, 0.15) is 12.0 Å². The number of carbonyl (C=O) groups is 3. The average molecular weight is 489 g/mol. The molecule has 1 aliphatic heterocycles. The molecule has 2 atom stereocenters. The number of nitrogens with zero attached hydrogens (tertiary/aromatic N) is 2. The molecule has 1 saturated heterocycles. The van der Waals surface area contributed by atoms with Gasteiger partial charge in [-0.15, -0.1) is 0 Å². The molecule has 4 rings (SSSR count). The van der Waals surface area contributed by atoms with Gasteiger partial charge in [-0.1, -0.05) is 47.5 Å². The second kappa shape index (κ2) is 9.30. The highest BCUT2D eigenvalue weighted by Crippen LogP contribution is 2.27. The molecule has 33 heavy (non-hydrogen) atoms. The van der Waals surface area contributed by atoms with Gasteiger partial charge in [0.15, 0.2) is 0 Å². The molecule has 2 aromatic carbocycles. The van der Waals surface area contributed by atoms with Crippen LogP contribution < -0.4 is 22.1 Å². The number of nitrogens with two attached hydrogens (primary N) is 2. The number of amides is 4. The van der Waals surface area contributed by atoms with E-state index in [9.17, 15) is 14.4 Å². The van der Waals surface area contributed by atoms with Gasteiger partial charge in [-0.2, -0.15) is 0 Å². The van der Waals surface area contributed by atoms with Crippen LogP contribution in [0.25, 0.3) is 10.9 Å². The van der Waals surface area contributed by atoms with E-state index < -0.39 is 18.1 Å². The number of benzene rings is 2. The Hall–Kier alpha value is -3.27. The van der Waals surface area contributed by atoms with Gasteiger partial charge in [-0.05, 0) is 30.2 Å². The molecule has 4 amide bonds. The van der Waals surface area contributed by atoms with Crippen LogP contribution in [0.4, 0.5) is 15.3 Å². The average Bonchev–Trinajstić information content (AvgIpc) is 3.35. The Bertz CT molecular complexity index is 1240. The van der Waals surface area contributed by atoms with Crippen LogP contribution in [-0.2, 0) is 11.3 Å². The van der Waals surface area contributed by atoms with Gasteiger partial charge in [0.1, 0.15) is 6.04 Å². The highest BCUT2D eigenvalue weighted by Gasteiger charge is 2.38. The van der Waals surface area contributed by atoms with Crippen molar-refractivity contribution in [1.29, 1.82) is 0 Å². The van der Waals surface area contributed by atoms with Crippen LogP contribution in [0.2, 0.25) is 10.0 Å². The molecule has 9 nitrogen and oxygen atoms in total. The van der Waals surface area contributed by atoms with E-state index in [1.54, 1.807) is 42.5 Å². The fourth-order valence-corrected chi connectivity index (χ4v) is 4.27. The zero-order valence-corrected chi connectivity index (χ0v) is 18.9. The molecular formula is C22H22Cl2N6O3. The van der Waals surface area contributed by atoms with Gasteiger partial charge < -0.3 is 27.0 Å². The molecule has 172 valence electrons. The number of urea groups is 1. The van der Waals surface area contributed by atoms with E-state index >= 15 is 0 Å². The van der Waals surface area contributed by atoms with E-state index in [1.165, 1.54) is 15.7 Å². The molecule has 0 unspecified atom stereocenters. The van der Waals surface area contributed by atoms with Crippen molar-refractivity contribution in [2.75, 3.05) is 11.9 Å². The summed E-state index contributed by atoms with van der Waals surface area (Å²) in [4.78, 5) is 39.1. The Labute approximate surface area is 199 Å². The molecule has 1 fully saturated rings. The number of primary amides is 1. The first kappa shape index (κ1) is 22.9. The largest absolute Gasteiger partial charge is 0.351 e. The van der Waals surface area contributed by atoms with Crippen molar-refractivity contribution in [2.24, 2.45) is 11.5 Å². The molecule has 3 aromatic rings. The highest BCUT2D eigenvalue weighted by atomic mass is 35.5. The van der Waals surface area contributed by atoms with Gasteiger partial charge in [0.25, 0.3) is 0 Å². The van der Waals surface area contributed by atoms with E-state index in [4.69, 9.17) is 34.7 Å². The monoisotopic (exact) mass is 488 g/mol. The lowest BCUT2D eigenvalue weighted by molar-refractivity contribution is -0.124. The number of carbonyl (C=O) groups excluding carboxylic acids is 3. The van der Waals surface area contributed by atoms with Crippen LogP contribution >= 0.6 is 23.2 Å². The molecule has 0 spiro atoms. The zero-order chi connectivity index (χ0) is 23.7. The van der Waals surface area contributed by atoms with E-state index in [2.05, 4.69) is 10.6 Å². The van der Waals surface area contributed by atoms with Gasteiger partial charge in [-0.3, -0.25) is 9.36 Å². The van der Waals surface area contributed by atoms with Crippen LogP contribution in [-0.4, -0.2) is 46.1 Å². The second-order valence-corrected chi connectivity index (χ2v) is 8.64. The van der Waals surface area contributed by atoms with Gasteiger partial charge >= 0.3 is 12.1 Å². The normalized spacial score (nSPS) is 17.8. The maximum absolute atomic E-state index is 13.1. The van der Waals surface area contributed by atoms with E-state index in [0.717, 1.165) is 5.56 Å². The van der Waals surface area contributed by atoms with Crippen molar-refractivity contribution in [2.45, 2.75) is 25.0 Å². The summed E-state index contributed by atoms with van der Waals surface area (Å²) in [6.07, 6.45) is 1.78. The molecule has 0 radical (unpaired) electrons. The van der Waals surface area contributed by atoms with Gasteiger partial charge in [0, 0.05) is 30.7 Å². The van der Waals surface area contributed by atoms with E-state index in [1.807, 2.05) is 0 Å². The topological polar surface area (TPSA) is 135 Å². The summed E-state index contributed by atoms with van der Waals surface area (Å²) < 4.78 is 1.25. The van der Waals surface area contributed by atoms with Crippen LogP contribution in [0.5, 0.6) is 0 Å². The highest BCUT2D eigenvalue weighted by molar-refractivity contribution is 6.42. The predicted molar refractivity (Wildman–Crippen MR) is 127 cm³/mol. The molecule has 1 aliphatic rings. The number of likely N-dealkylation sites (tertiary alicyclic amines) is 1. The number of aromatic nitrogens is 1. The van der Waals surface area contributed by atoms with Crippen LogP contribution in [0.15, 0.2) is 48.7 Å². The molecule has 2 heterocycles. The number of fused-ring (bicyclic) bond motifs is 1. The maximum atomic E-state index is 13.1. The van der Waals surface area contributed by atoms with Crippen LogP contribution in [0, 0.1) is 0 Å². The molecule has 6 N–H and O–H groups in total. The summed E-state index contributed by atoms with van der Waals surface area (Å²) in [7, 11) is 0. The Morgan fingerprint density at radius 2 is 1.85 bits per heavy atom. The molecule has 0 bridgehead atoms. The summed E-state index contributed by atoms with van der Waals surface area (Å²) in [5.41, 5.74) is 13.2. The van der Waals surface area contributed by atoms with Crippen molar-refractivity contribution < 1.29 is 14.4 Å². The lowest BCUT2D eigenvalue weighted by Gasteiger charge is -2.24. The number of rotatable bonds is 4. The Balaban J connectivity index is 1.49. The smallest absolute Gasteiger partial charge is 0.323 e. The fourth-order valence-electron chi connectivity index (χ4n) is 3.95. The Morgan fingerprint density at radius 1 is 1.09 bits per heavy atom. The predicted octanol–water partition coefficient (Wildman–Crippen LogP) is 3.12. The number of halogens is 2. The van der Waals surface area contributed by atoms with Gasteiger partial charge in [0.05, 0.1) is 21.2 Å². The van der Waals surface area contributed by atoms with Crippen LogP contribution in [0.3, 0.4) is 0 Å². The fraction of sp³-hybridized carbons (Fsp3) is 0.227. The van der Waals surface area contributed by atoms with E-state index in [0.29, 0.717) is 33.1 Å². The van der Waals surface area contributed by atoms with Crippen molar-refractivity contribution >= 4 is 57.8 Å². The maximum Gasteiger partial charge on any atom is 0.323 e. The summed E-state index contributed by atoms with van der Waals surface area (Å²) in [5, 5.41) is 7.07. The lowest BCUT2D eigenvalue weighted by Crippen LogP contribution is -2.47. The van der Waals surface area contributed by atoms with Gasteiger partial charge in [0.2, 0.25) is 5.91 Å². The second-order valence-electron chi connectivity index (χ2n) is 7.83. The third-order valence-electron chi connectivity index (χ3n) is 5.54. The number of hydrogen-bond donors (Lipinski definition) is 4. The summed E-state index contributed by atoms with van der Waals surface area (Å²) in [6.45, 7) is 0.439. The minimum absolute atomic E-state index is 0.213. The number of anilines is 1.